The van der Waals surface area contributed by atoms with Gasteiger partial charge in [0.25, 0.3) is 0 Å². The number of carbonyl (C=O) groups excluding carboxylic acids is 2. The van der Waals surface area contributed by atoms with Crippen LogP contribution in [0.15, 0.2) is 24.3 Å². The summed E-state index contributed by atoms with van der Waals surface area (Å²) >= 11 is 3.49. The number of anilines is 1. The highest BCUT2D eigenvalue weighted by Crippen LogP contribution is 2.14. The average molecular weight is 541 g/mol. The molecule has 0 saturated carbocycles. The summed E-state index contributed by atoms with van der Waals surface area (Å²) in [5, 5.41) is 4.57. The third-order valence-corrected chi connectivity index (χ3v) is 6.42. The highest BCUT2D eigenvalue weighted by Gasteiger charge is 2.09. The van der Waals surface area contributed by atoms with Crippen LogP contribution < -0.4 is 5.32 Å². The minimum absolute atomic E-state index is 0.0374. The number of benzene rings is 1. The van der Waals surface area contributed by atoms with Gasteiger partial charge >= 0.3 is 11.9 Å². The lowest BCUT2D eigenvalue weighted by Gasteiger charge is -2.08. The van der Waals surface area contributed by atoms with Crippen molar-refractivity contribution in [1.82, 2.24) is 0 Å². The van der Waals surface area contributed by atoms with E-state index in [4.69, 9.17) is 9.47 Å². The van der Waals surface area contributed by atoms with Gasteiger partial charge in [-0.05, 0) is 44.0 Å². The fourth-order valence-corrected chi connectivity index (χ4v) is 4.24. The topological polar surface area (TPSA) is 64.6 Å². The van der Waals surface area contributed by atoms with Crippen molar-refractivity contribution in [2.45, 2.75) is 103 Å². The van der Waals surface area contributed by atoms with Crippen LogP contribution in [0.4, 0.5) is 5.69 Å². The number of halogens is 1. The van der Waals surface area contributed by atoms with E-state index in [2.05, 4.69) is 21.2 Å². The van der Waals surface area contributed by atoms with E-state index in [0.717, 1.165) is 24.0 Å². The van der Waals surface area contributed by atoms with Gasteiger partial charge in [0.2, 0.25) is 0 Å². The zero-order valence-electron chi connectivity index (χ0n) is 21.3. The zero-order chi connectivity index (χ0) is 24.7. The summed E-state index contributed by atoms with van der Waals surface area (Å²) < 4.78 is 9.93. The quantitative estimate of drug-likeness (QED) is 0.0915. The molecule has 34 heavy (non-hydrogen) atoms. The fraction of sp³-hybridized carbons (Fsp3) is 0.714. The highest BCUT2D eigenvalue weighted by atomic mass is 79.9. The lowest BCUT2D eigenvalue weighted by atomic mass is 10.0. The molecule has 0 aromatic heterocycles. The summed E-state index contributed by atoms with van der Waals surface area (Å²) in [6.07, 6.45) is 19.1. The second-order valence-electron chi connectivity index (χ2n) is 8.83. The molecular formula is C28H46BrNO4. The first kappa shape index (κ1) is 30.5. The van der Waals surface area contributed by atoms with E-state index >= 15 is 0 Å². The second kappa shape index (κ2) is 21.9. The molecule has 0 unspecified atom stereocenters. The molecule has 1 aromatic rings. The number of rotatable bonds is 22. The monoisotopic (exact) mass is 539 g/mol. The lowest BCUT2D eigenvalue weighted by Crippen LogP contribution is -2.12. The van der Waals surface area contributed by atoms with Gasteiger partial charge < -0.3 is 14.8 Å². The molecule has 0 heterocycles. The number of hydrogen-bond donors (Lipinski definition) is 1. The SMILES string of the molecule is CCOC(=O)CCOC(=O)c1ccc(NCCCCCCCCCCCCCCCCBr)cc1. The Bertz CT molecular complexity index is 636. The van der Waals surface area contributed by atoms with Gasteiger partial charge in [-0.3, -0.25) is 4.79 Å². The molecule has 5 nitrogen and oxygen atoms in total. The number of esters is 2. The molecular weight excluding hydrogens is 494 g/mol. The Hall–Kier alpha value is -1.56. The Kier molecular flexibility index (Phi) is 19.7. The normalized spacial score (nSPS) is 10.8. The summed E-state index contributed by atoms with van der Waals surface area (Å²) in [5.41, 5.74) is 1.49. The van der Waals surface area contributed by atoms with Crippen LogP contribution in [0.25, 0.3) is 0 Å². The first-order chi connectivity index (χ1) is 16.7. The maximum absolute atomic E-state index is 12.0. The number of carbonyl (C=O) groups is 2. The summed E-state index contributed by atoms with van der Waals surface area (Å²) in [6, 6.07) is 7.29. The van der Waals surface area contributed by atoms with Crippen molar-refractivity contribution in [3.05, 3.63) is 29.8 Å². The summed E-state index contributed by atoms with van der Waals surface area (Å²) in [4.78, 5) is 23.3. The van der Waals surface area contributed by atoms with Crippen molar-refractivity contribution in [3.8, 4) is 0 Å². The first-order valence-corrected chi connectivity index (χ1v) is 14.5. The first-order valence-electron chi connectivity index (χ1n) is 13.4. The number of hydrogen-bond acceptors (Lipinski definition) is 5. The van der Waals surface area contributed by atoms with Crippen LogP contribution in [0.1, 0.15) is 114 Å². The smallest absolute Gasteiger partial charge is 0.338 e. The summed E-state index contributed by atoms with van der Waals surface area (Å²) in [5.74, 6) is -0.774. The van der Waals surface area contributed by atoms with Crippen LogP contribution in [0.3, 0.4) is 0 Å². The average Bonchev–Trinajstić information content (AvgIpc) is 2.84. The van der Waals surface area contributed by atoms with Crippen LogP contribution in [-0.2, 0) is 14.3 Å². The number of nitrogens with one attached hydrogen (secondary N) is 1. The largest absolute Gasteiger partial charge is 0.466 e. The third kappa shape index (κ3) is 17.0. The van der Waals surface area contributed by atoms with Crippen molar-refractivity contribution in [2.24, 2.45) is 0 Å². The fourth-order valence-electron chi connectivity index (χ4n) is 3.84. The van der Waals surface area contributed by atoms with Gasteiger partial charge in [0.15, 0.2) is 0 Å². The molecule has 0 saturated heterocycles. The number of alkyl halides is 1. The Balaban J connectivity index is 1.94. The standard InChI is InChI=1S/C28H46BrNO4/c1-2-33-27(31)21-24-34-28(32)25-17-19-26(20-18-25)30-23-16-14-12-10-8-6-4-3-5-7-9-11-13-15-22-29/h17-20,30H,2-16,21-24H2,1H3. The third-order valence-electron chi connectivity index (χ3n) is 5.85. The summed E-state index contributed by atoms with van der Waals surface area (Å²) in [6.45, 7) is 3.06. The highest BCUT2D eigenvalue weighted by molar-refractivity contribution is 9.09. The van der Waals surface area contributed by atoms with E-state index in [1.807, 2.05) is 12.1 Å². The zero-order valence-corrected chi connectivity index (χ0v) is 22.8. The molecule has 0 aliphatic carbocycles. The minimum atomic E-state index is -0.420. The van der Waals surface area contributed by atoms with E-state index < -0.39 is 5.97 Å². The van der Waals surface area contributed by atoms with Crippen molar-refractivity contribution < 1.29 is 19.1 Å². The van der Waals surface area contributed by atoms with Crippen LogP contribution in [0, 0.1) is 0 Å². The van der Waals surface area contributed by atoms with Crippen molar-refractivity contribution >= 4 is 33.6 Å². The Morgan fingerprint density at radius 1 is 0.735 bits per heavy atom. The van der Waals surface area contributed by atoms with Gasteiger partial charge in [-0.25, -0.2) is 4.79 Å². The predicted molar refractivity (Wildman–Crippen MR) is 145 cm³/mol. The molecule has 0 amide bonds. The molecule has 1 N–H and O–H groups in total. The van der Waals surface area contributed by atoms with Gasteiger partial charge in [0.1, 0.15) is 6.61 Å². The second-order valence-corrected chi connectivity index (χ2v) is 9.63. The molecule has 0 fully saturated rings. The Morgan fingerprint density at radius 3 is 1.74 bits per heavy atom. The maximum atomic E-state index is 12.0. The van der Waals surface area contributed by atoms with Gasteiger partial charge in [-0.2, -0.15) is 0 Å². The van der Waals surface area contributed by atoms with Crippen molar-refractivity contribution in [3.63, 3.8) is 0 Å². The lowest BCUT2D eigenvalue weighted by molar-refractivity contribution is -0.143. The molecule has 0 spiro atoms. The molecule has 1 aromatic carbocycles. The van der Waals surface area contributed by atoms with Crippen LogP contribution in [0.2, 0.25) is 0 Å². The van der Waals surface area contributed by atoms with E-state index in [9.17, 15) is 9.59 Å². The molecule has 0 aliphatic heterocycles. The van der Waals surface area contributed by atoms with E-state index in [-0.39, 0.29) is 19.0 Å². The van der Waals surface area contributed by atoms with Crippen molar-refractivity contribution in [1.29, 1.82) is 0 Å². The van der Waals surface area contributed by atoms with Gasteiger partial charge in [-0.1, -0.05) is 93.0 Å². The summed E-state index contributed by atoms with van der Waals surface area (Å²) in [7, 11) is 0. The van der Waals surface area contributed by atoms with Crippen LogP contribution in [-0.4, -0.2) is 37.0 Å². The molecule has 0 bridgehead atoms. The molecule has 0 aliphatic rings. The van der Waals surface area contributed by atoms with Gasteiger partial charge in [-0.15, -0.1) is 0 Å². The Labute approximate surface area is 215 Å². The molecule has 6 heteroatoms. The van der Waals surface area contributed by atoms with Gasteiger partial charge in [0, 0.05) is 17.6 Å². The molecule has 0 atom stereocenters. The van der Waals surface area contributed by atoms with E-state index in [0.29, 0.717) is 12.2 Å². The van der Waals surface area contributed by atoms with E-state index in [1.54, 1.807) is 19.1 Å². The van der Waals surface area contributed by atoms with E-state index in [1.165, 1.54) is 83.5 Å². The Morgan fingerprint density at radius 2 is 1.24 bits per heavy atom. The molecule has 0 radical (unpaired) electrons. The predicted octanol–water partition coefficient (Wildman–Crippen LogP) is 8.06. The molecule has 194 valence electrons. The maximum Gasteiger partial charge on any atom is 0.338 e. The number of ether oxygens (including phenoxy) is 2. The van der Waals surface area contributed by atoms with Gasteiger partial charge in [0.05, 0.1) is 18.6 Å². The van der Waals surface area contributed by atoms with Crippen LogP contribution in [0.5, 0.6) is 0 Å². The van der Waals surface area contributed by atoms with Crippen molar-refractivity contribution in [2.75, 3.05) is 30.4 Å². The number of unbranched alkanes of at least 4 members (excludes halogenated alkanes) is 13. The molecule has 1 rings (SSSR count). The van der Waals surface area contributed by atoms with Crippen LogP contribution >= 0.6 is 15.9 Å². The minimum Gasteiger partial charge on any atom is -0.466 e.